The Bertz CT molecular complexity index is 402. The molecule has 19 heavy (non-hydrogen) atoms. The zero-order chi connectivity index (χ0) is 13.7. The predicted octanol–water partition coefficient (Wildman–Crippen LogP) is 0.216. The number of carboxylic acids is 1. The number of rotatable bonds is 5. The second-order valence-electron chi connectivity index (χ2n) is 4.89. The standard InChI is InChI=1S/C14H21N3O2/c15-10-13(14(18)19)17-8-6-16(7-9-17)11-12-4-2-1-3-5-12/h1-5,13H,6-11,15H2,(H,18,19)/t13-/m0/s1. The van der Waals surface area contributed by atoms with Crippen molar-refractivity contribution in [1.82, 2.24) is 9.80 Å². The van der Waals surface area contributed by atoms with Crippen LogP contribution in [0.4, 0.5) is 0 Å². The van der Waals surface area contributed by atoms with Crippen LogP contribution >= 0.6 is 0 Å². The Morgan fingerprint density at radius 1 is 1.21 bits per heavy atom. The van der Waals surface area contributed by atoms with E-state index in [2.05, 4.69) is 17.0 Å². The summed E-state index contributed by atoms with van der Waals surface area (Å²) in [6.07, 6.45) is 0. The van der Waals surface area contributed by atoms with E-state index in [1.807, 2.05) is 23.1 Å². The molecule has 0 amide bonds. The number of carboxylic acid groups (broad SMARTS) is 1. The van der Waals surface area contributed by atoms with Crippen molar-refractivity contribution >= 4 is 5.97 Å². The normalized spacial score (nSPS) is 19.2. The second kappa shape index (κ2) is 6.65. The number of nitrogens with two attached hydrogens (primary N) is 1. The number of carbonyl (C=O) groups is 1. The molecule has 5 nitrogen and oxygen atoms in total. The molecule has 1 aliphatic heterocycles. The molecule has 1 aromatic carbocycles. The van der Waals surface area contributed by atoms with Crippen molar-refractivity contribution in [3.05, 3.63) is 35.9 Å². The van der Waals surface area contributed by atoms with Gasteiger partial charge >= 0.3 is 5.97 Å². The summed E-state index contributed by atoms with van der Waals surface area (Å²) in [6, 6.07) is 9.79. The van der Waals surface area contributed by atoms with Gasteiger partial charge in [-0.05, 0) is 5.56 Å². The monoisotopic (exact) mass is 263 g/mol. The molecule has 2 rings (SSSR count). The summed E-state index contributed by atoms with van der Waals surface area (Å²) in [5, 5.41) is 9.09. The number of piperazine rings is 1. The van der Waals surface area contributed by atoms with E-state index in [9.17, 15) is 4.79 Å². The molecule has 0 spiro atoms. The van der Waals surface area contributed by atoms with Gasteiger partial charge in [-0.3, -0.25) is 14.6 Å². The fourth-order valence-electron chi connectivity index (χ4n) is 2.48. The Kier molecular flexibility index (Phi) is 4.90. The van der Waals surface area contributed by atoms with Crippen molar-refractivity contribution in [2.24, 2.45) is 5.73 Å². The molecular weight excluding hydrogens is 242 g/mol. The van der Waals surface area contributed by atoms with Gasteiger partial charge in [0, 0.05) is 39.3 Å². The maximum atomic E-state index is 11.1. The van der Waals surface area contributed by atoms with Gasteiger partial charge < -0.3 is 10.8 Å². The molecule has 0 saturated carbocycles. The van der Waals surface area contributed by atoms with Crippen molar-refractivity contribution < 1.29 is 9.90 Å². The van der Waals surface area contributed by atoms with Gasteiger partial charge in [0.25, 0.3) is 0 Å². The van der Waals surface area contributed by atoms with Gasteiger partial charge in [-0.1, -0.05) is 30.3 Å². The van der Waals surface area contributed by atoms with E-state index < -0.39 is 12.0 Å². The minimum Gasteiger partial charge on any atom is -0.480 e. The summed E-state index contributed by atoms with van der Waals surface area (Å²) in [4.78, 5) is 15.4. The molecule has 1 aromatic rings. The Hall–Kier alpha value is -1.43. The van der Waals surface area contributed by atoms with Crippen molar-refractivity contribution in [3.63, 3.8) is 0 Å². The Labute approximate surface area is 113 Å². The summed E-state index contributed by atoms with van der Waals surface area (Å²) < 4.78 is 0. The fraction of sp³-hybridized carbons (Fsp3) is 0.500. The van der Waals surface area contributed by atoms with Crippen LogP contribution in [0.15, 0.2) is 30.3 Å². The lowest BCUT2D eigenvalue weighted by Gasteiger charge is -2.37. The van der Waals surface area contributed by atoms with Crippen LogP contribution in [-0.2, 0) is 11.3 Å². The molecule has 0 aromatic heterocycles. The highest BCUT2D eigenvalue weighted by Crippen LogP contribution is 2.10. The molecule has 0 radical (unpaired) electrons. The summed E-state index contributed by atoms with van der Waals surface area (Å²) in [6.45, 7) is 4.41. The van der Waals surface area contributed by atoms with Crippen LogP contribution in [0.25, 0.3) is 0 Å². The Morgan fingerprint density at radius 2 is 1.84 bits per heavy atom. The molecule has 1 heterocycles. The zero-order valence-electron chi connectivity index (χ0n) is 11.0. The third-order valence-electron chi connectivity index (χ3n) is 3.60. The molecule has 3 N–H and O–H groups in total. The van der Waals surface area contributed by atoms with E-state index in [0.29, 0.717) is 0 Å². The molecule has 104 valence electrons. The number of hydrogen-bond acceptors (Lipinski definition) is 4. The summed E-state index contributed by atoms with van der Waals surface area (Å²) in [5.41, 5.74) is 6.82. The van der Waals surface area contributed by atoms with Crippen molar-refractivity contribution in [2.75, 3.05) is 32.7 Å². The van der Waals surface area contributed by atoms with Crippen LogP contribution < -0.4 is 5.73 Å². The molecule has 1 fully saturated rings. The zero-order valence-corrected chi connectivity index (χ0v) is 11.0. The van der Waals surface area contributed by atoms with E-state index >= 15 is 0 Å². The minimum absolute atomic E-state index is 0.175. The van der Waals surface area contributed by atoms with Crippen LogP contribution in [0.3, 0.4) is 0 Å². The summed E-state index contributed by atoms with van der Waals surface area (Å²) >= 11 is 0. The number of benzene rings is 1. The first-order valence-electron chi connectivity index (χ1n) is 6.64. The van der Waals surface area contributed by atoms with Crippen LogP contribution in [0.2, 0.25) is 0 Å². The maximum Gasteiger partial charge on any atom is 0.322 e. The number of nitrogens with zero attached hydrogens (tertiary/aromatic N) is 2. The lowest BCUT2D eigenvalue weighted by Crippen LogP contribution is -2.54. The Balaban J connectivity index is 1.84. The molecule has 5 heteroatoms. The van der Waals surface area contributed by atoms with Crippen molar-refractivity contribution in [2.45, 2.75) is 12.6 Å². The van der Waals surface area contributed by atoms with Crippen molar-refractivity contribution in [3.8, 4) is 0 Å². The first-order chi connectivity index (χ1) is 9.20. The SMILES string of the molecule is NC[C@@H](C(=O)O)N1CCN(Cc2ccccc2)CC1. The highest BCUT2D eigenvalue weighted by Gasteiger charge is 2.27. The molecule has 0 bridgehead atoms. The lowest BCUT2D eigenvalue weighted by molar-refractivity contribution is -0.143. The quantitative estimate of drug-likeness (QED) is 0.795. The molecular formula is C14H21N3O2. The van der Waals surface area contributed by atoms with Crippen LogP contribution in [0.5, 0.6) is 0 Å². The van der Waals surface area contributed by atoms with E-state index in [4.69, 9.17) is 10.8 Å². The van der Waals surface area contributed by atoms with Gasteiger partial charge in [0.1, 0.15) is 6.04 Å². The number of aliphatic carboxylic acids is 1. The molecule has 0 aliphatic carbocycles. The maximum absolute atomic E-state index is 11.1. The third-order valence-corrected chi connectivity index (χ3v) is 3.60. The first-order valence-corrected chi connectivity index (χ1v) is 6.64. The molecule has 1 atom stereocenters. The predicted molar refractivity (Wildman–Crippen MR) is 73.8 cm³/mol. The smallest absolute Gasteiger partial charge is 0.322 e. The van der Waals surface area contributed by atoms with E-state index in [1.165, 1.54) is 5.56 Å². The van der Waals surface area contributed by atoms with E-state index in [1.54, 1.807) is 0 Å². The minimum atomic E-state index is -0.820. The van der Waals surface area contributed by atoms with E-state index in [0.717, 1.165) is 32.7 Å². The third kappa shape index (κ3) is 3.76. The highest BCUT2D eigenvalue weighted by molar-refractivity contribution is 5.73. The lowest BCUT2D eigenvalue weighted by atomic mass is 10.1. The van der Waals surface area contributed by atoms with Gasteiger partial charge in [0.05, 0.1) is 0 Å². The second-order valence-corrected chi connectivity index (χ2v) is 4.89. The van der Waals surface area contributed by atoms with Gasteiger partial charge in [-0.2, -0.15) is 0 Å². The first kappa shape index (κ1) is 14.0. The topological polar surface area (TPSA) is 69.8 Å². The Morgan fingerprint density at radius 3 is 2.37 bits per heavy atom. The van der Waals surface area contributed by atoms with Gasteiger partial charge in [0.2, 0.25) is 0 Å². The molecule has 1 aliphatic rings. The molecule has 0 unspecified atom stereocenters. The summed E-state index contributed by atoms with van der Waals surface area (Å²) in [5.74, 6) is -0.820. The number of hydrogen-bond donors (Lipinski definition) is 2. The van der Waals surface area contributed by atoms with Crippen LogP contribution in [0.1, 0.15) is 5.56 Å². The van der Waals surface area contributed by atoms with Crippen LogP contribution in [0, 0.1) is 0 Å². The van der Waals surface area contributed by atoms with Crippen molar-refractivity contribution in [1.29, 1.82) is 0 Å². The van der Waals surface area contributed by atoms with E-state index in [-0.39, 0.29) is 6.54 Å². The van der Waals surface area contributed by atoms with Gasteiger partial charge in [0.15, 0.2) is 0 Å². The largest absolute Gasteiger partial charge is 0.480 e. The van der Waals surface area contributed by atoms with Gasteiger partial charge in [-0.25, -0.2) is 0 Å². The average molecular weight is 263 g/mol. The highest BCUT2D eigenvalue weighted by atomic mass is 16.4. The summed E-state index contributed by atoms with van der Waals surface area (Å²) in [7, 11) is 0. The molecule has 1 saturated heterocycles. The van der Waals surface area contributed by atoms with Gasteiger partial charge in [-0.15, -0.1) is 0 Å². The fourth-order valence-corrected chi connectivity index (χ4v) is 2.48. The van der Waals surface area contributed by atoms with Crippen LogP contribution in [-0.4, -0.2) is 59.6 Å². The average Bonchev–Trinajstić information content (AvgIpc) is 2.42.